The first-order valence-electron chi connectivity index (χ1n) is 11.6. The van der Waals surface area contributed by atoms with Gasteiger partial charge in [0.15, 0.2) is 11.5 Å². The predicted molar refractivity (Wildman–Crippen MR) is 128 cm³/mol. The zero-order valence-corrected chi connectivity index (χ0v) is 19.4. The van der Waals surface area contributed by atoms with Gasteiger partial charge in [-0.3, -0.25) is 0 Å². The van der Waals surface area contributed by atoms with E-state index in [2.05, 4.69) is 16.4 Å². The number of piperidine rings is 2. The lowest BCUT2D eigenvalue weighted by Gasteiger charge is -2.49. The van der Waals surface area contributed by atoms with E-state index in [0.717, 1.165) is 11.1 Å². The van der Waals surface area contributed by atoms with Crippen LogP contribution in [0.25, 0.3) is 11.0 Å². The van der Waals surface area contributed by atoms with Crippen molar-refractivity contribution in [3.8, 4) is 6.07 Å². The Kier molecular flexibility index (Phi) is 5.55. The molecule has 1 saturated carbocycles. The molecule has 2 aliphatic heterocycles. The third-order valence-electron chi connectivity index (χ3n) is 7.11. The van der Waals surface area contributed by atoms with Crippen molar-refractivity contribution in [2.75, 3.05) is 16.8 Å². The lowest BCUT2D eigenvalue weighted by atomic mass is 9.77. The Morgan fingerprint density at radius 1 is 1.29 bits per heavy atom. The summed E-state index contributed by atoms with van der Waals surface area (Å²) >= 11 is 0. The Hall–Kier alpha value is -3.80. The van der Waals surface area contributed by atoms with Crippen LogP contribution < -0.4 is 10.2 Å². The van der Waals surface area contributed by atoms with Gasteiger partial charge in [0, 0.05) is 36.2 Å². The minimum atomic E-state index is -2.70. The van der Waals surface area contributed by atoms with Crippen LogP contribution in [-0.4, -0.2) is 39.6 Å². The van der Waals surface area contributed by atoms with Gasteiger partial charge in [0.2, 0.25) is 0 Å². The molecule has 180 valence electrons. The quantitative estimate of drug-likeness (QED) is 0.514. The second-order valence-corrected chi connectivity index (χ2v) is 9.49. The number of benzene rings is 2. The first-order valence-corrected chi connectivity index (χ1v) is 11.6. The van der Waals surface area contributed by atoms with Crippen molar-refractivity contribution in [1.29, 1.82) is 5.26 Å². The molecule has 2 N–H and O–H groups in total. The average molecular weight is 478 g/mol. The van der Waals surface area contributed by atoms with E-state index >= 15 is 0 Å². The van der Waals surface area contributed by atoms with Gasteiger partial charge in [0.1, 0.15) is 6.07 Å². The second-order valence-electron chi connectivity index (χ2n) is 9.49. The monoisotopic (exact) mass is 477 g/mol. The topological polar surface area (TPSA) is 102 Å². The highest BCUT2D eigenvalue weighted by Gasteiger charge is 2.52. The summed E-state index contributed by atoms with van der Waals surface area (Å²) in [5, 5.41) is 22.6. The molecule has 35 heavy (non-hydrogen) atoms. The number of nitrogens with zero attached hydrogens (tertiary/aromatic N) is 4. The first-order chi connectivity index (χ1) is 16.7. The Morgan fingerprint density at radius 3 is 2.71 bits per heavy atom. The van der Waals surface area contributed by atoms with Crippen molar-refractivity contribution in [2.45, 2.75) is 51.1 Å². The van der Waals surface area contributed by atoms with Crippen LogP contribution in [0.4, 0.5) is 20.3 Å². The van der Waals surface area contributed by atoms with E-state index in [0.29, 0.717) is 35.4 Å². The van der Waals surface area contributed by atoms with Crippen LogP contribution in [0.5, 0.6) is 0 Å². The highest BCUT2D eigenvalue weighted by molar-refractivity contribution is 5.94. The molecule has 6 rings (SSSR count). The molecule has 7 nitrogen and oxygen atoms in total. The van der Waals surface area contributed by atoms with Crippen LogP contribution >= 0.6 is 0 Å². The number of carboxylic acids is 1. The number of anilines is 2. The fraction of sp³-hybridized carbons (Fsp3) is 0.385. The average Bonchev–Trinajstić information content (AvgIpc) is 2.82. The van der Waals surface area contributed by atoms with Gasteiger partial charge in [-0.2, -0.15) is 5.26 Å². The van der Waals surface area contributed by atoms with Crippen molar-refractivity contribution >= 4 is 28.5 Å². The number of carboxylic acid groups (broad SMARTS) is 1. The van der Waals surface area contributed by atoms with E-state index in [1.807, 2.05) is 30.9 Å². The number of aryl methyl sites for hydroxylation is 1. The molecule has 3 atom stereocenters. The summed E-state index contributed by atoms with van der Waals surface area (Å²) in [4.78, 5) is 22.9. The van der Waals surface area contributed by atoms with E-state index in [-0.39, 0.29) is 36.3 Å². The molecule has 3 heterocycles. The number of rotatable bonds is 5. The number of hydrogen-bond donors (Lipinski definition) is 2. The standard InChI is InChI=1S/C26H25F2N5O2/c1-14-9-19(15(2)30-20-6-4-3-5-18(20)25(34)35)23-21(10-14)31-22(12-29)24(32-23)33-13-16-7-8-17(33)11-26(16,27)28/h3-6,9-10,15-17,30H,7-8,11,13H2,1-2H3,(H,34,35)/t15-,16?,17?/m1/s1. The Labute approximate surface area is 201 Å². The van der Waals surface area contributed by atoms with Crippen molar-refractivity contribution < 1.29 is 18.7 Å². The maximum Gasteiger partial charge on any atom is 0.337 e. The Balaban J connectivity index is 1.58. The van der Waals surface area contributed by atoms with Gasteiger partial charge in [-0.25, -0.2) is 23.5 Å². The lowest BCUT2D eigenvalue weighted by molar-refractivity contribution is -0.106. The van der Waals surface area contributed by atoms with Gasteiger partial charge in [-0.1, -0.05) is 18.2 Å². The van der Waals surface area contributed by atoms with Crippen LogP contribution in [0.1, 0.15) is 59.4 Å². The molecule has 2 unspecified atom stereocenters. The maximum absolute atomic E-state index is 14.4. The van der Waals surface area contributed by atoms with Crippen molar-refractivity contribution in [2.24, 2.45) is 5.92 Å². The molecule has 1 aromatic heterocycles. The van der Waals surface area contributed by atoms with E-state index in [9.17, 15) is 23.9 Å². The zero-order chi connectivity index (χ0) is 24.9. The third kappa shape index (κ3) is 4.03. The number of hydrogen-bond acceptors (Lipinski definition) is 6. The number of nitriles is 1. The van der Waals surface area contributed by atoms with Gasteiger partial charge in [0.25, 0.3) is 5.92 Å². The minimum absolute atomic E-state index is 0.127. The van der Waals surface area contributed by atoms with Gasteiger partial charge >= 0.3 is 5.97 Å². The van der Waals surface area contributed by atoms with Crippen molar-refractivity contribution in [3.63, 3.8) is 0 Å². The van der Waals surface area contributed by atoms with E-state index in [1.165, 1.54) is 6.07 Å². The summed E-state index contributed by atoms with van der Waals surface area (Å²) in [7, 11) is 0. The third-order valence-corrected chi connectivity index (χ3v) is 7.11. The van der Waals surface area contributed by atoms with Crippen LogP contribution in [0.2, 0.25) is 0 Å². The van der Waals surface area contributed by atoms with Crippen molar-refractivity contribution in [1.82, 2.24) is 9.97 Å². The maximum atomic E-state index is 14.4. The molecule has 1 aliphatic carbocycles. The molecule has 2 aromatic carbocycles. The summed E-state index contributed by atoms with van der Waals surface area (Å²) < 4.78 is 28.7. The molecule has 0 spiro atoms. The van der Waals surface area contributed by atoms with E-state index < -0.39 is 17.8 Å². The largest absolute Gasteiger partial charge is 0.478 e. The highest BCUT2D eigenvalue weighted by atomic mass is 19.3. The van der Waals surface area contributed by atoms with E-state index in [1.54, 1.807) is 18.2 Å². The molecule has 3 fully saturated rings. The molecule has 3 aromatic rings. The number of nitrogens with one attached hydrogen (secondary N) is 1. The minimum Gasteiger partial charge on any atom is -0.478 e. The summed E-state index contributed by atoms with van der Waals surface area (Å²) in [6.45, 7) is 3.96. The Morgan fingerprint density at radius 2 is 2.06 bits per heavy atom. The number of aromatic carboxylic acids is 1. The summed E-state index contributed by atoms with van der Waals surface area (Å²) in [5.74, 6) is -4.16. The Bertz CT molecular complexity index is 1370. The summed E-state index contributed by atoms with van der Waals surface area (Å²) in [5.41, 5.74) is 3.54. The van der Waals surface area contributed by atoms with Gasteiger partial charge in [0.05, 0.1) is 22.6 Å². The second kappa shape index (κ2) is 8.45. The van der Waals surface area contributed by atoms with Crippen LogP contribution in [0.3, 0.4) is 0 Å². The first kappa shape index (κ1) is 23.0. The number of fused-ring (bicyclic) bond motifs is 4. The molecule has 3 aliphatic rings. The highest BCUT2D eigenvalue weighted by Crippen LogP contribution is 2.47. The van der Waals surface area contributed by atoms with Crippen LogP contribution in [0.15, 0.2) is 36.4 Å². The molecule has 0 radical (unpaired) electrons. The molecule has 2 saturated heterocycles. The molecular weight excluding hydrogens is 452 g/mol. The van der Waals surface area contributed by atoms with Gasteiger partial charge < -0.3 is 15.3 Å². The fourth-order valence-electron chi connectivity index (χ4n) is 5.36. The number of carbonyl (C=O) groups is 1. The number of halogens is 2. The molecule has 0 amide bonds. The van der Waals surface area contributed by atoms with Gasteiger partial charge in [-0.15, -0.1) is 0 Å². The normalized spacial score (nSPS) is 21.5. The predicted octanol–water partition coefficient (Wildman–Crippen LogP) is 5.31. The molecular formula is C26H25F2N5O2. The molecule has 2 bridgehead atoms. The van der Waals surface area contributed by atoms with Gasteiger partial charge in [-0.05, 0) is 50.5 Å². The number of para-hydroxylation sites is 1. The van der Waals surface area contributed by atoms with Crippen LogP contribution in [-0.2, 0) is 0 Å². The fourth-order valence-corrected chi connectivity index (χ4v) is 5.36. The summed E-state index contributed by atoms with van der Waals surface area (Å²) in [6, 6.07) is 11.8. The summed E-state index contributed by atoms with van der Waals surface area (Å²) in [6.07, 6.45) is 0.855. The van der Waals surface area contributed by atoms with Crippen LogP contribution in [0, 0.1) is 24.2 Å². The zero-order valence-electron chi connectivity index (χ0n) is 19.4. The number of alkyl halides is 2. The SMILES string of the molecule is Cc1cc([C@@H](C)Nc2ccccc2C(=O)O)c2nc(N3CC4CCC3CC4(F)F)c(C#N)nc2c1. The lowest BCUT2D eigenvalue weighted by Crippen LogP contribution is -2.57. The molecule has 9 heteroatoms. The van der Waals surface area contributed by atoms with Crippen molar-refractivity contribution in [3.05, 3.63) is 58.8 Å². The smallest absolute Gasteiger partial charge is 0.337 e. The van der Waals surface area contributed by atoms with E-state index in [4.69, 9.17) is 4.98 Å². The number of aromatic nitrogens is 2.